The molecule has 0 fully saturated rings. The van der Waals surface area contributed by atoms with Gasteiger partial charge in [0.1, 0.15) is 5.82 Å². The molecule has 2 aromatic carbocycles. The molecule has 1 unspecified atom stereocenters. The van der Waals surface area contributed by atoms with Crippen LogP contribution in [0.15, 0.2) is 47.4 Å². The highest BCUT2D eigenvalue weighted by atomic mass is 32.2. The average Bonchev–Trinajstić information content (AvgIpc) is 2.80. The Bertz CT molecular complexity index is 769. The van der Waals surface area contributed by atoms with Gasteiger partial charge in [-0.05, 0) is 60.4 Å². The van der Waals surface area contributed by atoms with E-state index >= 15 is 0 Å². The first-order valence-corrected chi connectivity index (χ1v) is 8.67. The topological polar surface area (TPSA) is 46.2 Å². The molecule has 1 N–H and O–H groups in total. The number of halogens is 1. The first-order chi connectivity index (χ1) is 9.93. The number of sulfone groups is 1. The number of nitrogens with one attached hydrogen (secondary N) is 1. The summed E-state index contributed by atoms with van der Waals surface area (Å²) in [5.41, 5.74) is 3.02. The van der Waals surface area contributed by atoms with E-state index < -0.39 is 9.84 Å². The van der Waals surface area contributed by atoms with Crippen LogP contribution in [0, 0.1) is 5.82 Å². The first kappa shape index (κ1) is 14.1. The van der Waals surface area contributed by atoms with Gasteiger partial charge in [0.2, 0.25) is 0 Å². The van der Waals surface area contributed by atoms with Crippen LogP contribution in [0.25, 0.3) is 0 Å². The molecule has 21 heavy (non-hydrogen) atoms. The third-order valence-corrected chi connectivity index (χ3v) is 4.93. The van der Waals surface area contributed by atoms with E-state index in [9.17, 15) is 12.8 Å². The van der Waals surface area contributed by atoms with Gasteiger partial charge in [0.15, 0.2) is 9.84 Å². The zero-order valence-electron chi connectivity index (χ0n) is 11.6. The van der Waals surface area contributed by atoms with Crippen molar-refractivity contribution < 1.29 is 12.8 Å². The number of hydrogen-bond acceptors (Lipinski definition) is 3. The Kier molecular flexibility index (Phi) is 3.45. The van der Waals surface area contributed by atoms with Crippen LogP contribution in [0.5, 0.6) is 0 Å². The number of fused-ring (bicyclic) bond motifs is 1. The van der Waals surface area contributed by atoms with Crippen molar-refractivity contribution in [2.45, 2.75) is 23.8 Å². The zero-order valence-corrected chi connectivity index (χ0v) is 12.5. The van der Waals surface area contributed by atoms with E-state index in [0.29, 0.717) is 4.90 Å². The Morgan fingerprint density at radius 2 is 1.86 bits per heavy atom. The van der Waals surface area contributed by atoms with Crippen molar-refractivity contribution in [3.8, 4) is 0 Å². The van der Waals surface area contributed by atoms with Gasteiger partial charge in [-0.2, -0.15) is 0 Å². The fourth-order valence-electron chi connectivity index (χ4n) is 2.74. The highest BCUT2D eigenvalue weighted by Crippen LogP contribution is 2.34. The lowest BCUT2D eigenvalue weighted by Gasteiger charge is -2.15. The number of aryl methyl sites for hydroxylation is 1. The highest BCUT2D eigenvalue weighted by molar-refractivity contribution is 7.90. The van der Waals surface area contributed by atoms with E-state index in [0.717, 1.165) is 29.7 Å². The Hall–Kier alpha value is -1.88. The third-order valence-electron chi connectivity index (χ3n) is 3.81. The van der Waals surface area contributed by atoms with Crippen LogP contribution in [0.3, 0.4) is 0 Å². The van der Waals surface area contributed by atoms with Crippen molar-refractivity contribution in [1.82, 2.24) is 0 Å². The van der Waals surface area contributed by atoms with Gasteiger partial charge in [-0.25, -0.2) is 12.8 Å². The molecule has 1 atom stereocenters. The van der Waals surface area contributed by atoms with Crippen LogP contribution < -0.4 is 5.32 Å². The van der Waals surface area contributed by atoms with Crippen LogP contribution in [0.2, 0.25) is 0 Å². The van der Waals surface area contributed by atoms with Crippen molar-refractivity contribution in [1.29, 1.82) is 0 Å². The van der Waals surface area contributed by atoms with Crippen LogP contribution in [0.4, 0.5) is 10.1 Å². The Labute approximate surface area is 123 Å². The summed E-state index contributed by atoms with van der Waals surface area (Å²) in [6.45, 7) is 0. The normalized spacial score (nSPS) is 17.5. The van der Waals surface area contributed by atoms with Gasteiger partial charge < -0.3 is 5.32 Å². The van der Waals surface area contributed by atoms with Crippen LogP contribution >= 0.6 is 0 Å². The maximum absolute atomic E-state index is 13.2. The smallest absolute Gasteiger partial charge is 0.175 e. The summed E-state index contributed by atoms with van der Waals surface area (Å²) in [4.78, 5) is 0.307. The lowest BCUT2D eigenvalue weighted by molar-refractivity contribution is 0.602. The number of rotatable bonds is 3. The van der Waals surface area contributed by atoms with Gasteiger partial charge in [0.25, 0.3) is 0 Å². The molecule has 0 spiro atoms. The summed E-state index contributed by atoms with van der Waals surface area (Å²) in [6, 6.07) is 11.7. The predicted octanol–water partition coefficient (Wildman–Crippen LogP) is 3.33. The fourth-order valence-corrected chi connectivity index (χ4v) is 3.37. The molecule has 0 saturated carbocycles. The van der Waals surface area contributed by atoms with E-state index in [-0.39, 0.29) is 11.9 Å². The second-order valence-electron chi connectivity index (χ2n) is 5.38. The van der Waals surface area contributed by atoms with Crippen LogP contribution in [-0.4, -0.2) is 14.7 Å². The first-order valence-electron chi connectivity index (χ1n) is 6.78. The summed E-state index contributed by atoms with van der Waals surface area (Å²) in [6.07, 6.45) is 2.95. The lowest BCUT2D eigenvalue weighted by atomic mass is 10.1. The summed E-state index contributed by atoms with van der Waals surface area (Å²) in [5, 5.41) is 3.38. The minimum absolute atomic E-state index is 0.143. The van der Waals surface area contributed by atoms with E-state index in [2.05, 4.69) is 5.32 Å². The molecule has 110 valence electrons. The molecule has 0 saturated heterocycles. The Morgan fingerprint density at radius 1 is 1.14 bits per heavy atom. The van der Waals surface area contributed by atoms with Gasteiger partial charge in [-0.1, -0.05) is 6.07 Å². The largest absolute Gasteiger partial charge is 0.378 e. The van der Waals surface area contributed by atoms with E-state index in [4.69, 9.17) is 0 Å². The van der Waals surface area contributed by atoms with Gasteiger partial charge in [-0.15, -0.1) is 0 Å². The van der Waals surface area contributed by atoms with Crippen LogP contribution in [0.1, 0.15) is 23.6 Å². The Balaban J connectivity index is 1.80. The quantitative estimate of drug-likeness (QED) is 0.946. The molecule has 0 bridgehead atoms. The molecule has 2 aromatic rings. The molecule has 0 amide bonds. The van der Waals surface area contributed by atoms with Gasteiger partial charge in [0, 0.05) is 11.9 Å². The molecule has 5 heteroatoms. The van der Waals surface area contributed by atoms with Gasteiger partial charge in [0.05, 0.1) is 10.9 Å². The Morgan fingerprint density at radius 3 is 2.52 bits per heavy atom. The molecule has 3 rings (SSSR count). The molecule has 1 aliphatic rings. The summed E-state index contributed by atoms with van der Waals surface area (Å²) in [7, 11) is -3.17. The molecule has 0 heterocycles. The van der Waals surface area contributed by atoms with Crippen molar-refractivity contribution in [2.75, 3.05) is 11.6 Å². The second-order valence-corrected chi connectivity index (χ2v) is 7.39. The predicted molar refractivity (Wildman–Crippen MR) is 80.6 cm³/mol. The molecule has 3 nitrogen and oxygen atoms in total. The second kappa shape index (κ2) is 5.15. The van der Waals surface area contributed by atoms with E-state index in [1.165, 1.54) is 12.3 Å². The maximum Gasteiger partial charge on any atom is 0.175 e. The number of benzene rings is 2. The van der Waals surface area contributed by atoms with Crippen molar-refractivity contribution in [3.05, 3.63) is 59.4 Å². The zero-order chi connectivity index (χ0) is 15.0. The third kappa shape index (κ3) is 2.93. The highest BCUT2D eigenvalue weighted by Gasteiger charge is 2.22. The maximum atomic E-state index is 13.2. The van der Waals surface area contributed by atoms with E-state index in [1.54, 1.807) is 30.3 Å². The average molecular weight is 305 g/mol. The number of anilines is 1. The lowest BCUT2D eigenvalue weighted by Crippen LogP contribution is -2.07. The van der Waals surface area contributed by atoms with Crippen molar-refractivity contribution in [2.24, 2.45) is 0 Å². The van der Waals surface area contributed by atoms with Crippen molar-refractivity contribution in [3.63, 3.8) is 0 Å². The minimum Gasteiger partial charge on any atom is -0.378 e. The molecule has 0 aromatic heterocycles. The van der Waals surface area contributed by atoms with Crippen LogP contribution in [-0.2, 0) is 16.3 Å². The number of hydrogen-bond donors (Lipinski definition) is 1. The molecule has 1 aliphatic carbocycles. The summed E-state index contributed by atoms with van der Waals surface area (Å²) in [5.74, 6) is -0.202. The summed E-state index contributed by atoms with van der Waals surface area (Å²) < 4.78 is 36.1. The molecule has 0 radical (unpaired) electrons. The molecule has 0 aliphatic heterocycles. The standard InChI is InChI=1S/C16H16FNO2S/c1-21(19,20)14-6-4-13(5-7-14)18-16-9-2-11-10-12(17)3-8-15(11)16/h3-8,10,16,18H,2,9H2,1H3. The SMILES string of the molecule is CS(=O)(=O)c1ccc(NC2CCc3cc(F)ccc32)cc1. The molecular formula is C16H16FNO2S. The monoisotopic (exact) mass is 305 g/mol. The minimum atomic E-state index is -3.17. The van der Waals surface area contributed by atoms with Gasteiger partial charge in [-0.3, -0.25) is 0 Å². The van der Waals surface area contributed by atoms with E-state index in [1.807, 2.05) is 6.07 Å². The van der Waals surface area contributed by atoms with Gasteiger partial charge >= 0.3 is 0 Å². The summed E-state index contributed by atoms with van der Waals surface area (Å²) >= 11 is 0. The fraction of sp³-hybridized carbons (Fsp3) is 0.250. The van der Waals surface area contributed by atoms with Crippen molar-refractivity contribution >= 4 is 15.5 Å². The molecular weight excluding hydrogens is 289 g/mol.